The second-order valence-corrected chi connectivity index (χ2v) is 5.22. The van der Waals surface area contributed by atoms with Crippen molar-refractivity contribution in [2.45, 2.75) is 23.1 Å². The smallest absolute Gasteiger partial charge is 0.0666 e. The van der Waals surface area contributed by atoms with Crippen LogP contribution in [0.25, 0.3) is 0 Å². The van der Waals surface area contributed by atoms with Gasteiger partial charge in [-0.1, -0.05) is 6.07 Å². The lowest BCUT2D eigenvalue weighted by Gasteiger charge is -2.18. The van der Waals surface area contributed by atoms with E-state index in [4.69, 9.17) is 5.73 Å². The molecule has 0 bridgehead atoms. The molecule has 0 aliphatic rings. The van der Waals surface area contributed by atoms with Crippen LogP contribution in [0, 0.1) is 0 Å². The molecule has 0 aliphatic heterocycles. The molecule has 2 aromatic rings. The van der Waals surface area contributed by atoms with Crippen molar-refractivity contribution in [2.24, 2.45) is 12.8 Å². The van der Waals surface area contributed by atoms with Crippen LogP contribution in [-0.4, -0.2) is 20.8 Å². The Hall–Kier alpha value is -1.33. The first kappa shape index (κ1) is 12.1. The van der Waals surface area contributed by atoms with E-state index in [1.807, 2.05) is 44.6 Å². The van der Waals surface area contributed by atoms with E-state index in [0.717, 1.165) is 10.6 Å². The lowest BCUT2D eigenvalue weighted by molar-refractivity contribution is 0.705. The van der Waals surface area contributed by atoms with Gasteiger partial charge in [-0.15, -0.1) is 11.8 Å². The van der Waals surface area contributed by atoms with Crippen molar-refractivity contribution in [3.05, 3.63) is 42.5 Å². The third-order valence-electron chi connectivity index (χ3n) is 2.40. The number of aryl methyl sites for hydroxylation is 1. The summed E-state index contributed by atoms with van der Waals surface area (Å²) in [5.41, 5.74) is 7.05. The van der Waals surface area contributed by atoms with Gasteiger partial charge in [0.2, 0.25) is 0 Å². The minimum absolute atomic E-state index is 0.0371. The van der Waals surface area contributed by atoms with E-state index in [-0.39, 0.29) is 11.3 Å². The van der Waals surface area contributed by atoms with Crippen LogP contribution >= 0.6 is 11.8 Å². The Morgan fingerprint density at radius 1 is 1.41 bits per heavy atom. The van der Waals surface area contributed by atoms with E-state index in [1.165, 1.54) is 0 Å². The SMILES string of the molecule is CC(N)C(Sc1cnn(C)c1)c1ccccn1. The molecule has 0 amide bonds. The second kappa shape index (κ2) is 5.33. The van der Waals surface area contributed by atoms with Crippen LogP contribution < -0.4 is 5.73 Å². The molecule has 0 fully saturated rings. The van der Waals surface area contributed by atoms with Crippen LogP contribution in [0.15, 0.2) is 41.7 Å². The van der Waals surface area contributed by atoms with Crippen LogP contribution in [0.2, 0.25) is 0 Å². The Morgan fingerprint density at radius 2 is 2.24 bits per heavy atom. The Morgan fingerprint density at radius 3 is 2.76 bits per heavy atom. The summed E-state index contributed by atoms with van der Waals surface area (Å²) in [6.07, 6.45) is 5.64. The van der Waals surface area contributed by atoms with Crippen LogP contribution in [0.3, 0.4) is 0 Å². The molecular formula is C12H16N4S. The standard InChI is InChI=1S/C12H16N4S/c1-9(13)12(11-5-3-4-6-14-11)17-10-7-15-16(2)8-10/h3-9,12H,13H2,1-2H3. The molecule has 0 saturated carbocycles. The maximum Gasteiger partial charge on any atom is 0.0666 e. The first-order valence-corrected chi connectivity index (χ1v) is 6.36. The van der Waals surface area contributed by atoms with Crippen LogP contribution in [0.5, 0.6) is 0 Å². The molecule has 0 aromatic carbocycles. The number of rotatable bonds is 4. The zero-order valence-electron chi connectivity index (χ0n) is 9.95. The number of hydrogen-bond acceptors (Lipinski definition) is 4. The zero-order valence-corrected chi connectivity index (χ0v) is 10.8. The van der Waals surface area contributed by atoms with Gasteiger partial charge in [-0.3, -0.25) is 9.67 Å². The third-order valence-corrected chi connectivity index (χ3v) is 3.81. The van der Waals surface area contributed by atoms with Crippen molar-refractivity contribution in [2.75, 3.05) is 0 Å². The van der Waals surface area contributed by atoms with E-state index in [2.05, 4.69) is 10.1 Å². The first-order chi connectivity index (χ1) is 8.16. The number of nitrogens with zero attached hydrogens (tertiary/aromatic N) is 3. The number of aromatic nitrogens is 3. The van der Waals surface area contributed by atoms with Gasteiger partial charge in [-0.25, -0.2) is 0 Å². The van der Waals surface area contributed by atoms with Crippen molar-refractivity contribution in [1.82, 2.24) is 14.8 Å². The molecule has 2 heterocycles. The van der Waals surface area contributed by atoms with Crippen molar-refractivity contribution in [3.8, 4) is 0 Å². The van der Waals surface area contributed by atoms with Gasteiger partial charge in [-0.05, 0) is 19.1 Å². The summed E-state index contributed by atoms with van der Waals surface area (Å²) in [5.74, 6) is 0. The van der Waals surface area contributed by atoms with Gasteiger partial charge in [0.25, 0.3) is 0 Å². The Labute approximate surface area is 105 Å². The van der Waals surface area contributed by atoms with Gasteiger partial charge in [0, 0.05) is 30.4 Å². The second-order valence-electron chi connectivity index (χ2n) is 4.00. The Balaban J connectivity index is 2.19. The lowest BCUT2D eigenvalue weighted by Crippen LogP contribution is -2.23. The molecule has 2 N–H and O–H groups in total. The molecule has 2 atom stereocenters. The van der Waals surface area contributed by atoms with Gasteiger partial charge in [0.05, 0.1) is 17.1 Å². The number of thioether (sulfide) groups is 1. The Kier molecular flexibility index (Phi) is 3.81. The molecule has 0 spiro atoms. The average molecular weight is 248 g/mol. The molecular weight excluding hydrogens is 232 g/mol. The van der Waals surface area contributed by atoms with E-state index < -0.39 is 0 Å². The zero-order chi connectivity index (χ0) is 12.3. The average Bonchev–Trinajstić information content (AvgIpc) is 2.73. The lowest BCUT2D eigenvalue weighted by atomic mass is 10.2. The molecule has 0 radical (unpaired) electrons. The van der Waals surface area contributed by atoms with E-state index in [1.54, 1.807) is 22.6 Å². The summed E-state index contributed by atoms with van der Waals surface area (Å²) in [6.45, 7) is 2.00. The van der Waals surface area contributed by atoms with Gasteiger partial charge in [0.15, 0.2) is 0 Å². The van der Waals surface area contributed by atoms with Gasteiger partial charge in [-0.2, -0.15) is 5.10 Å². The van der Waals surface area contributed by atoms with E-state index >= 15 is 0 Å². The van der Waals surface area contributed by atoms with Gasteiger partial charge < -0.3 is 5.73 Å². The Bertz CT molecular complexity index is 466. The highest BCUT2D eigenvalue weighted by Gasteiger charge is 2.19. The summed E-state index contributed by atoms with van der Waals surface area (Å²) >= 11 is 1.70. The molecule has 17 heavy (non-hydrogen) atoms. The topological polar surface area (TPSA) is 56.7 Å². The van der Waals surface area contributed by atoms with Gasteiger partial charge in [0.1, 0.15) is 0 Å². The van der Waals surface area contributed by atoms with Crippen molar-refractivity contribution in [3.63, 3.8) is 0 Å². The first-order valence-electron chi connectivity index (χ1n) is 5.48. The fourth-order valence-electron chi connectivity index (χ4n) is 1.59. The summed E-state index contributed by atoms with van der Waals surface area (Å²) in [4.78, 5) is 5.49. The van der Waals surface area contributed by atoms with E-state index in [0.29, 0.717) is 0 Å². The van der Waals surface area contributed by atoms with Crippen molar-refractivity contribution in [1.29, 1.82) is 0 Å². The van der Waals surface area contributed by atoms with Crippen LogP contribution in [0.1, 0.15) is 17.9 Å². The maximum atomic E-state index is 6.04. The molecule has 5 heteroatoms. The number of hydrogen-bond donors (Lipinski definition) is 1. The molecule has 0 aliphatic carbocycles. The highest BCUT2D eigenvalue weighted by molar-refractivity contribution is 7.99. The fourth-order valence-corrected chi connectivity index (χ4v) is 2.68. The molecule has 90 valence electrons. The summed E-state index contributed by atoms with van der Waals surface area (Å²) in [5, 5.41) is 4.31. The molecule has 2 aromatic heterocycles. The normalized spacial score (nSPS) is 14.5. The van der Waals surface area contributed by atoms with Crippen LogP contribution in [-0.2, 0) is 7.05 Å². The molecule has 0 saturated heterocycles. The minimum Gasteiger partial charge on any atom is -0.327 e. The predicted octanol–water partition coefficient (Wildman–Crippen LogP) is 2.00. The number of nitrogens with two attached hydrogens (primary N) is 1. The van der Waals surface area contributed by atoms with Gasteiger partial charge >= 0.3 is 0 Å². The van der Waals surface area contributed by atoms with Crippen molar-refractivity contribution >= 4 is 11.8 Å². The predicted molar refractivity (Wildman–Crippen MR) is 69.7 cm³/mol. The summed E-state index contributed by atoms with van der Waals surface area (Å²) in [6, 6.07) is 5.95. The number of pyridine rings is 1. The quantitative estimate of drug-likeness (QED) is 0.841. The maximum absolute atomic E-state index is 6.04. The van der Waals surface area contributed by atoms with Crippen molar-refractivity contribution < 1.29 is 0 Å². The summed E-state index contributed by atoms with van der Waals surface area (Å²) in [7, 11) is 1.91. The van der Waals surface area contributed by atoms with Crippen LogP contribution in [0.4, 0.5) is 0 Å². The van der Waals surface area contributed by atoms with E-state index in [9.17, 15) is 0 Å². The third kappa shape index (κ3) is 3.08. The molecule has 2 unspecified atom stereocenters. The molecule has 2 rings (SSSR count). The highest BCUT2D eigenvalue weighted by Crippen LogP contribution is 2.35. The highest BCUT2D eigenvalue weighted by atomic mass is 32.2. The molecule has 4 nitrogen and oxygen atoms in total. The fraction of sp³-hybridized carbons (Fsp3) is 0.333. The largest absolute Gasteiger partial charge is 0.327 e. The summed E-state index contributed by atoms with van der Waals surface area (Å²) < 4.78 is 1.79. The minimum atomic E-state index is 0.0371. The monoisotopic (exact) mass is 248 g/mol.